The zero-order chi connectivity index (χ0) is 13.9. The lowest BCUT2D eigenvalue weighted by Crippen LogP contribution is -2.21. The van der Waals surface area contributed by atoms with Crippen LogP contribution < -0.4 is 5.32 Å². The largest absolute Gasteiger partial charge is 0.501 e. The summed E-state index contributed by atoms with van der Waals surface area (Å²) in [5.74, 6) is -0.173. The molecule has 20 heavy (non-hydrogen) atoms. The fraction of sp³-hybridized carbons (Fsp3) is 0.294. The van der Waals surface area contributed by atoms with E-state index in [0.29, 0.717) is 5.39 Å². The lowest BCUT2D eigenvalue weighted by atomic mass is 9.91. The third-order valence-electron chi connectivity index (χ3n) is 3.84. The zero-order valence-electron chi connectivity index (χ0n) is 11.5. The molecule has 3 heteroatoms. The summed E-state index contributed by atoms with van der Waals surface area (Å²) in [4.78, 5) is 0. The molecule has 0 radical (unpaired) electrons. The van der Waals surface area contributed by atoms with Crippen molar-refractivity contribution >= 4 is 10.8 Å². The number of hydrogen-bond acceptors (Lipinski definition) is 2. The molecule has 2 aromatic carbocycles. The molecule has 3 rings (SSSR count). The third kappa shape index (κ3) is 2.29. The second-order valence-corrected chi connectivity index (χ2v) is 5.07. The highest BCUT2D eigenvalue weighted by Gasteiger charge is 2.20. The van der Waals surface area contributed by atoms with Gasteiger partial charge in [0.25, 0.3) is 0 Å². The summed E-state index contributed by atoms with van der Waals surface area (Å²) < 4.78 is 19.4. The van der Waals surface area contributed by atoms with Gasteiger partial charge in [0.15, 0.2) is 0 Å². The highest BCUT2D eigenvalue weighted by molar-refractivity contribution is 5.87. The van der Waals surface area contributed by atoms with E-state index in [4.69, 9.17) is 4.74 Å². The first-order valence-electron chi connectivity index (χ1n) is 6.96. The van der Waals surface area contributed by atoms with Gasteiger partial charge in [-0.3, -0.25) is 0 Å². The fourth-order valence-electron chi connectivity index (χ4n) is 2.87. The van der Waals surface area contributed by atoms with Gasteiger partial charge < -0.3 is 10.1 Å². The Morgan fingerprint density at radius 2 is 1.95 bits per heavy atom. The van der Waals surface area contributed by atoms with Crippen molar-refractivity contribution in [3.05, 3.63) is 59.6 Å². The van der Waals surface area contributed by atoms with Crippen LogP contribution in [-0.2, 0) is 4.74 Å². The molecule has 0 saturated carbocycles. The van der Waals surface area contributed by atoms with Crippen LogP contribution in [0.15, 0.2) is 48.2 Å². The van der Waals surface area contributed by atoms with Gasteiger partial charge in [0, 0.05) is 5.39 Å². The quantitative estimate of drug-likeness (QED) is 0.913. The lowest BCUT2D eigenvalue weighted by Gasteiger charge is -2.24. The predicted octanol–water partition coefficient (Wildman–Crippen LogP) is 3.93. The van der Waals surface area contributed by atoms with Gasteiger partial charge in [-0.15, -0.1) is 0 Å². The molecule has 0 aromatic heterocycles. The standard InChI is InChI=1S/C17H18FNO/c1-19-17(12-5-4-10-20-11-12)15-8-9-16(18)14-7-3-2-6-13(14)15/h2-3,6-9,11,17,19H,4-5,10H2,1H3. The molecule has 2 nitrogen and oxygen atoms in total. The number of hydrogen-bond donors (Lipinski definition) is 1. The summed E-state index contributed by atoms with van der Waals surface area (Å²) in [6.07, 6.45) is 3.89. The zero-order valence-corrected chi connectivity index (χ0v) is 11.5. The predicted molar refractivity (Wildman–Crippen MR) is 79.0 cm³/mol. The normalized spacial score (nSPS) is 16.6. The monoisotopic (exact) mass is 271 g/mol. The first kappa shape index (κ1) is 13.1. The molecule has 0 spiro atoms. The molecule has 1 unspecified atom stereocenters. The van der Waals surface area contributed by atoms with Gasteiger partial charge in [0.05, 0.1) is 18.9 Å². The summed E-state index contributed by atoms with van der Waals surface area (Å²) in [6.45, 7) is 0.782. The minimum absolute atomic E-state index is 0.0702. The highest BCUT2D eigenvalue weighted by atomic mass is 19.1. The molecule has 1 atom stereocenters. The van der Waals surface area contributed by atoms with Crippen LogP contribution in [0.1, 0.15) is 24.4 Å². The molecule has 1 aliphatic rings. The minimum Gasteiger partial charge on any atom is -0.501 e. The Morgan fingerprint density at radius 1 is 1.15 bits per heavy atom. The van der Waals surface area contributed by atoms with Crippen LogP contribution in [-0.4, -0.2) is 13.7 Å². The smallest absolute Gasteiger partial charge is 0.131 e. The number of fused-ring (bicyclic) bond motifs is 1. The van der Waals surface area contributed by atoms with Gasteiger partial charge in [-0.1, -0.05) is 30.3 Å². The highest BCUT2D eigenvalue weighted by Crippen LogP contribution is 2.33. The maximum Gasteiger partial charge on any atom is 0.131 e. The molecule has 0 saturated heterocycles. The first-order valence-corrected chi connectivity index (χ1v) is 6.96. The average Bonchev–Trinajstić information content (AvgIpc) is 2.52. The molecule has 2 aromatic rings. The Bertz CT molecular complexity index is 650. The van der Waals surface area contributed by atoms with Crippen molar-refractivity contribution in [3.8, 4) is 0 Å². The molecule has 104 valence electrons. The molecule has 0 amide bonds. The van der Waals surface area contributed by atoms with Crippen molar-refractivity contribution < 1.29 is 9.13 Å². The molecule has 0 bridgehead atoms. The lowest BCUT2D eigenvalue weighted by molar-refractivity contribution is 0.220. The van der Waals surface area contributed by atoms with Gasteiger partial charge in [0.2, 0.25) is 0 Å². The minimum atomic E-state index is -0.173. The Labute approximate surface area is 118 Å². The SMILES string of the molecule is CNC(C1=COCCC1)c1ccc(F)c2ccccc12. The topological polar surface area (TPSA) is 21.3 Å². The van der Waals surface area contributed by atoms with Crippen molar-refractivity contribution in [2.24, 2.45) is 0 Å². The van der Waals surface area contributed by atoms with Gasteiger partial charge in [-0.05, 0) is 42.5 Å². The summed E-state index contributed by atoms with van der Waals surface area (Å²) in [5, 5.41) is 4.95. The van der Waals surface area contributed by atoms with E-state index in [-0.39, 0.29) is 11.9 Å². The van der Waals surface area contributed by atoms with E-state index in [2.05, 4.69) is 5.32 Å². The van der Waals surface area contributed by atoms with E-state index in [9.17, 15) is 4.39 Å². The van der Waals surface area contributed by atoms with Crippen LogP contribution in [0.3, 0.4) is 0 Å². The van der Waals surface area contributed by atoms with Crippen LogP contribution in [0, 0.1) is 5.82 Å². The number of rotatable bonds is 3. The second-order valence-electron chi connectivity index (χ2n) is 5.07. The molecule has 0 fully saturated rings. The second kappa shape index (κ2) is 5.63. The van der Waals surface area contributed by atoms with E-state index in [0.717, 1.165) is 30.4 Å². The van der Waals surface area contributed by atoms with Crippen LogP contribution in [0.2, 0.25) is 0 Å². The van der Waals surface area contributed by atoms with E-state index in [1.54, 1.807) is 6.07 Å². The van der Waals surface area contributed by atoms with Gasteiger partial charge in [0.1, 0.15) is 5.82 Å². The van der Waals surface area contributed by atoms with Crippen molar-refractivity contribution in [2.45, 2.75) is 18.9 Å². The summed E-state index contributed by atoms with van der Waals surface area (Å²) >= 11 is 0. The van der Waals surface area contributed by atoms with Crippen LogP contribution in [0.4, 0.5) is 4.39 Å². The molecule has 1 aliphatic heterocycles. The molecular formula is C17H18FNO. The number of likely N-dealkylation sites (N-methyl/N-ethyl adjacent to an activating group) is 1. The van der Waals surface area contributed by atoms with E-state index >= 15 is 0 Å². The van der Waals surface area contributed by atoms with Crippen LogP contribution >= 0.6 is 0 Å². The Morgan fingerprint density at radius 3 is 2.65 bits per heavy atom. The first-order chi connectivity index (χ1) is 9.81. The van der Waals surface area contributed by atoms with Crippen molar-refractivity contribution in [3.63, 3.8) is 0 Å². The van der Waals surface area contributed by atoms with E-state index in [1.165, 1.54) is 5.57 Å². The number of ether oxygens (including phenoxy) is 1. The van der Waals surface area contributed by atoms with E-state index in [1.807, 2.05) is 43.6 Å². The van der Waals surface area contributed by atoms with Crippen molar-refractivity contribution in [1.29, 1.82) is 0 Å². The van der Waals surface area contributed by atoms with Gasteiger partial charge in [-0.2, -0.15) is 0 Å². The number of benzene rings is 2. The van der Waals surface area contributed by atoms with Crippen molar-refractivity contribution in [1.82, 2.24) is 5.32 Å². The summed E-state index contributed by atoms with van der Waals surface area (Å²) in [7, 11) is 1.93. The average molecular weight is 271 g/mol. The third-order valence-corrected chi connectivity index (χ3v) is 3.84. The van der Waals surface area contributed by atoms with Gasteiger partial charge >= 0.3 is 0 Å². The summed E-state index contributed by atoms with van der Waals surface area (Å²) in [6, 6.07) is 11.1. The fourth-order valence-corrected chi connectivity index (χ4v) is 2.87. The molecular weight excluding hydrogens is 253 g/mol. The van der Waals surface area contributed by atoms with Gasteiger partial charge in [-0.25, -0.2) is 4.39 Å². The number of nitrogens with one attached hydrogen (secondary N) is 1. The Hall–Kier alpha value is -1.87. The molecule has 0 aliphatic carbocycles. The van der Waals surface area contributed by atoms with Crippen LogP contribution in [0.5, 0.6) is 0 Å². The molecule has 1 heterocycles. The van der Waals surface area contributed by atoms with E-state index < -0.39 is 0 Å². The Kier molecular flexibility index (Phi) is 3.70. The molecule has 1 N–H and O–H groups in total. The maximum atomic E-state index is 13.9. The van der Waals surface area contributed by atoms with Crippen LogP contribution in [0.25, 0.3) is 10.8 Å². The summed E-state index contributed by atoms with van der Waals surface area (Å²) in [5.41, 5.74) is 2.32. The van der Waals surface area contributed by atoms with Crippen molar-refractivity contribution in [2.75, 3.05) is 13.7 Å². The number of halogens is 1. The Balaban J connectivity index is 2.12. The maximum absolute atomic E-state index is 13.9.